The summed E-state index contributed by atoms with van der Waals surface area (Å²) < 4.78 is 0. The monoisotopic (exact) mass is 513 g/mol. The van der Waals surface area contributed by atoms with Gasteiger partial charge in [-0.1, -0.05) is 24.3 Å². The standard InChI is InChI=1S/C20H27N5OS.HI/c1-14-11-21-18(27-14)12-22-20(23-13-19(26)25(2)3)24-17-9-8-15-6-4-5-7-16(15)10-17;/h4-7,11,17H,8-10,12-13H2,1-3H3,(H2,22,23,24);1H. The Hall–Kier alpha value is -1.68. The fourth-order valence-electron chi connectivity index (χ4n) is 3.10. The molecule has 1 heterocycles. The van der Waals surface area contributed by atoms with Crippen LogP contribution in [-0.4, -0.2) is 48.4 Å². The third-order valence-corrected chi connectivity index (χ3v) is 5.55. The van der Waals surface area contributed by atoms with Crippen LogP contribution in [-0.2, 0) is 24.2 Å². The van der Waals surface area contributed by atoms with Gasteiger partial charge in [0.05, 0.1) is 6.54 Å². The average Bonchev–Trinajstić information content (AvgIpc) is 3.08. The topological polar surface area (TPSA) is 69.6 Å². The van der Waals surface area contributed by atoms with Crippen molar-refractivity contribution in [3.63, 3.8) is 0 Å². The van der Waals surface area contributed by atoms with Crippen LogP contribution in [0.3, 0.4) is 0 Å². The van der Waals surface area contributed by atoms with Gasteiger partial charge in [-0.3, -0.25) is 4.79 Å². The molecule has 1 aliphatic carbocycles. The number of hydrogen-bond donors (Lipinski definition) is 2. The van der Waals surface area contributed by atoms with Crippen molar-refractivity contribution in [2.24, 2.45) is 4.99 Å². The van der Waals surface area contributed by atoms with Crippen LogP contribution in [0, 0.1) is 6.92 Å². The minimum atomic E-state index is -0.0183. The minimum Gasteiger partial charge on any atom is -0.353 e. The molecule has 3 rings (SSSR count). The number of aliphatic imine (C=N–C) groups is 1. The summed E-state index contributed by atoms with van der Waals surface area (Å²) >= 11 is 1.66. The number of likely N-dealkylation sites (N-methyl/N-ethyl adjacent to an activating group) is 1. The van der Waals surface area contributed by atoms with Crippen LogP contribution in [0.1, 0.15) is 27.4 Å². The Labute approximate surface area is 187 Å². The Morgan fingerprint density at radius 3 is 2.75 bits per heavy atom. The number of fused-ring (bicyclic) bond motifs is 1. The van der Waals surface area contributed by atoms with Gasteiger partial charge >= 0.3 is 0 Å². The van der Waals surface area contributed by atoms with E-state index in [2.05, 4.69) is 44.9 Å². The average molecular weight is 513 g/mol. The highest BCUT2D eigenvalue weighted by Gasteiger charge is 2.19. The Morgan fingerprint density at radius 1 is 1.32 bits per heavy atom. The van der Waals surface area contributed by atoms with Crippen molar-refractivity contribution in [1.82, 2.24) is 20.5 Å². The van der Waals surface area contributed by atoms with Crippen molar-refractivity contribution < 1.29 is 4.79 Å². The molecule has 1 aromatic carbocycles. The SMILES string of the molecule is Cc1cnc(CNC(=NCC(=O)N(C)C)NC2CCc3ccccc3C2)s1.I. The van der Waals surface area contributed by atoms with E-state index >= 15 is 0 Å². The van der Waals surface area contributed by atoms with Crippen LogP contribution < -0.4 is 10.6 Å². The molecule has 0 bridgehead atoms. The van der Waals surface area contributed by atoms with Gasteiger partial charge in [0.2, 0.25) is 5.91 Å². The first-order valence-electron chi connectivity index (χ1n) is 9.24. The van der Waals surface area contributed by atoms with Gasteiger partial charge < -0.3 is 15.5 Å². The van der Waals surface area contributed by atoms with E-state index < -0.39 is 0 Å². The molecule has 8 heteroatoms. The summed E-state index contributed by atoms with van der Waals surface area (Å²) in [5.74, 6) is 0.651. The summed E-state index contributed by atoms with van der Waals surface area (Å²) in [7, 11) is 3.49. The first kappa shape index (κ1) is 22.6. The maximum atomic E-state index is 11.9. The second kappa shape index (κ2) is 10.8. The third-order valence-electron chi connectivity index (χ3n) is 4.64. The fourth-order valence-corrected chi connectivity index (χ4v) is 3.82. The van der Waals surface area contributed by atoms with Crippen molar-refractivity contribution in [1.29, 1.82) is 0 Å². The Bertz CT molecular complexity index is 820. The molecule has 0 fully saturated rings. The molecule has 6 nitrogen and oxygen atoms in total. The Kier molecular flexibility index (Phi) is 8.68. The second-order valence-electron chi connectivity index (χ2n) is 7.02. The van der Waals surface area contributed by atoms with Crippen molar-refractivity contribution in [3.8, 4) is 0 Å². The van der Waals surface area contributed by atoms with Crippen molar-refractivity contribution >= 4 is 47.2 Å². The van der Waals surface area contributed by atoms with E-state index in [1.54, 1.807) is 30.3 Å². The Morgan fingerprint density at radius 2 is 2.07 bits per heavy atom. The lowest BCUT2D eigenvalue weighted by Crippen LogP contribution is -2.46. The number of carbonyl (C=O) groups is 1. The molecule has 0 saturated heterocycles. The van der Waals surface area contributed by atoms with Gasteiger partial charge in [-0.25, -0.2) is 9.98 Å². The summed E-state index contributed by atoms with van der Waals surface area (Å²) in [6.07, 6.45) is 4.95. The molecule has 1 unspecified atom stereocenters. The number of benzene rings is 1. The van der Waals surface area contributed by atoms with Crippen molar-refractivity contribution in [2.75, 3.05) is 20.6 Å². The van der Waals surface area contributed by atoms with Crippen LogP contribution >= 0.6 is 35.3 Å². The molecule has 1 aliphatic rings. The van der Waals surface area contributed by atoms with Gasteiger partial charge in [-0.2, -0.15) is 0 Å². The molecule has 0 spiro atoms. The minimum absolute atomic E-state index is 0. The third kappa shape index (κ3) is 6.44. The number of guanidine groups is 1. The highest BCUT2D eigenvalue weighted by molar-refractivity contribution is 14.0. The van der Waals surface area contributed by atoms with E-state index in [1.807, 2.05) is 13.1 Å². The lowest BCUT2D eigenvalue weighted by Gasteiger charge is -2.27. The predicted molar refractivity (Wildman–Crippen MR) is 125 cm³/mol. The van der Waals surface area contributed by atoms with E-state index in [0.29, 0.717) is 18.5 Å². The highest BCUT2D eigenvalue weighted by Crippen LogP contribution is 2.21. The molecule has 1 aromatic heterocycles. The molecule has 0 saturated carbocycles. The summed E-state index contributed by atoms with van der Waals surface area (Å²) in [6.45, 7) is 2.77. The van der Waals surface area contributed by atoms with Crippen LogP contribution in [0.15, 0.2) is 35.5 Å². The molecule has 0 aliphatic heterocycles. The van der Waals surface area contributed by atoms with Crippen molar-refractivity contribution in [2.45, 2.75) is 38.8 Å². The highest BCUT2D eigenvalue weighted by atomic mass is 127. The number of halogens is 1. The molecule has 152 valence electrons. The lowest BCUT2D eigenvalue weighted by molar-refractivity contribution is -0.127. The molecule has 1 amide bonds. The number of thiazole rings is 1. The molecular weight excluding hydrogens is 485 g/mol. The summed E-state index contributed by atoms with van der Waals surface area (Å²) in [5.41, 5.74) is 2.82. The largest absolute Gasteiger partial charge is 0.353 e. The zero-order chi connectivity index (χ0) is 19.2. The maximum Gasteiger partial charge on any atom is 0.243 e. The van der Waals surface area contributed by atoms with Gasteiger partial charge in [-0.05, 0) is 37.3 Å². The molecular formula is C20H28IN5OS. The summed E-state index contributed by atoms with van der Waals surface area (Å²) in [6, 6.07) is 8.90. The quantitative estimate of drug-likeness (QED) is 0.367. The smallest absolute Gasteiger partial charge is 0.243 e. The van der Waals surface area contributed by atoms with Gasteiger partial charge in [0.15, 0.2) is 5.96 Å². The number of hydrogen-bond acceptors (Lipinski definition) is 4. The molecule has 2 aromatic rings. The molecule has 28 heavy (non-hydrogen) atoms. The number of nitrogens with one attached hydrogen (secondary N) is 2. The lowest BCUT2D eigenvalue weighted by atomic mass is 9.88. The van der Waals surface area contributed by atoms with Gasteiger partial charge in [0.1, 0.15) is 11.6 Å². The van der Waals surface area contributed by atoms with Crippen LogP contribution in [0.4, 0.5) is 0 Å². The molecule has 2 N–H and O–H groups in total. The van der Waals surface area contributed by atoms with Crippen LogP contribution in [0.5, 0.6) is 0 Å². The zero-order valence-corrected chi connectivity index (χ0v) is 19.7. The number of carbonyl (C=O) groups excluding carboxylic acids is 1. The number of rotatable bonds is 5. The molecule has 1 atom stereocenters. The second-order valence-corrected chi connectivity index (χ2v) is 8.34. The maximum absolute atomic E-state index is 11.9. The van der Waals surface area contributed by atoms with Gasteiger partial charge in [-0.15, -0.1) is 35.3 Å². The van der Waals surface area contributed by atoms with Crippen LogP contribution in [0.2, 0.25) is 0 Å². The number of amides is 1. The summed E-state index contributed by atoms with van der Waals surface area (Å²) in [4.78, 5) is 23.6. The Balaban J connectivity index is 0.00000280. The van der Waals surface area contributed by atoms with E-state index in [9.17, 15) is 4.79 Å². The first-order valence-corrected chi connectivity index (χ1v) is 10.1. The zero-order valence-electron chi connectivity index (χ0n) is 16.6. The van der Waals surface area contributed by atoms with E-state index in [1.165, 1.54) is 16.0 Å². The van der Waals surface area contributed by atoms with Gasteiger partial charge in [0.25, 0.3) is 0 Å². The number of aryl methyl sites for hydroxylation is 2. The summed E-state index contributed by atoms with van der Waals surface area (Å²) in [5, 5.41) is 7.85. The number of aromatic nitrogens is 1. The first-order chi connectivity index (χ1) is 13.0. The predicted octanol–water partition coefficient (Wildman–Crippen LogP) is 2.75. The van der Waals surface area contributed by atoms with Gasteiger partial charge in [0, 0.05) is 31.2 Å². The van der Waals surface area contributed by atoms with Crippen molar-refractivity contribution in [3.05, 3.63) is 51.5 Å². The molecule has 0 radical (unpaired) electrons. The van der Waals surface area contributed by atoms with E-state index in [4.69, 9.17) is 0 Å². The number of nitrogens with zero attached hydrogens (tertiary/aromatic N) is 3. The normalized spacial score (nSPS) is 16.0. The van der Waals surface area contributed by atoms with E-state index in [-0.39, 0.29) is 36.4 Å². The van der Waals surface area contributed by atoms with Crippen LogP contribution in [0.25, 0.3) is 0 Å². The van der Waals surface area contributed by atoms with E-state index in [0.717, 1.165) is 24.3 Å². The fraction of sp³-hybridized carbons (Fsp3) is 0.450.